The number of aromatic nitrogens is 1. The lowest BCUT2D eigenvalue weighted by Gasteiger charge is -2.00. The summed E-state index contributed by atoms with van der Waals surface area (Å²) in [7, 11) is 3.13. The first kappa shape index (κ1) is 13.7. The lowest BCUT2D eigenvalue weighted by molar-refractivity contribution is -0.131. The van der Waals surface area contributed by atoms with Gasteiger partial charge in [-0.2, -0.15) is 0 Å². The first-order valence-corrected chi connectivity index (χ1v) is 5.76. The highest BCUT2D eigenvalue weighted by Gasteiger charge is 2.19. The highest BCUT2D eigenvalue weighted by Crippen LogP contribution is 2.30. The number of hydrogen-bond acceptors (Lipinski definition) is 3. The number of carboxylic acid groups (broad SMARTS) is 2. The molecule has 0 bridgehead atoms. The van der Waals surface area contributed by atoms with Crippen LogP contribution >= 0.6 is 0 Å². The van der Waals surface area contributed by atoms with E-state index in [1.54, 1.807) is 25.2 Å². The Morgan fingerprint density at radius 2 is 2.00 bits per heavy atom. The highest BCUT2D eigenvalue weighted by molar-refractivity contribution is 6.04. The summed E-state index contributed by atoms with van der Waals surface area (Å²) in [5, 5.41) is 18.7. The van der Waals surface area contributed by atoms with Crippen LogP contribution in [-0.2, 0) is 11.8 Å². The summed E-state index contributed by atoms with van der Waals surface area (Å²) in [5.74, 6) is -1.68. The molecule has 1 aromatic heterocycles. The summed E-state index contributed by atoms with van der Waals surface area (Å²) in [6.45, 7) is 0. The van der Waals surface area contributed by atoms with Gasteiger partial charge in [0, 0.05) is 29.6 Å². The van der Waals surface area contributed by atoms with E-state index in [2.05, 4.69) is 0 Å². The van der Waals surface area contributed by atoms with Crippen molar-refractivity contribution in [3.8, 4) is 5.75 Å². The van der Waals surface area contributed by atoms with Gasteiger partial charge in [0.2, 0.25) is 0 Å². The van der Waals surface area contributed by atoms with Crippen LogP contribution in [0.15, 0.2) is 24.3 Å². The number of rotatable bonds is 4. The van der Waals surface area contributed by atoms with Crippen molar-refractivity contribution in [1.29, 1.82) is 0 Å². The second-order valence-electron chi connectivity index (χ2n) is 4.18. The van der Waals surface area contributed by atoms with E-state index in [9.17, 15) is 14.7 Å². The summed E-state index contributed by atoms with van der Waals surface area (Å²) in [4.78, 5) is 22.0. The fourth-order valence-corrected chi connectivity index (χ4v) is 2.16. The molecule has 0 saturated heterocycles. The number of hydrogen-bond donors (Lipinski definition) is 2. The number of carboxylic acids is 2. The van der Waals surface area contributed by atoms with E-state index < -0.39 is 11.9 Å². The Morgan fingerprint density at radius 3 is 2.55 bits per heavy atom. The molecule has 2 aromatic rings. The van der Waals surface area contributed by atoms with E-state index in [-0.39, 0.29) is 5.69 Å². The van der Waals surface area contributed by atoms with Crippen LogP contribution in [0.4, 0.5) is 0 Å². The van der Waals surface area contributed by atoms with Gasteiger partial charge in [0.15, 0.2) is 0 Å². The van der Waals surface area contributed by atoms with E-state index in [0.717, 1.165) is 6.08 Å². The molecule has 0 saturated carbocycles. The Morgan fingerprint density at radius 1 is 1.30 bits per heavy atom. The smallest absolute Gasteiger partial charge is 0.353 e. The number of aromatic carboxylic acids is 1. The van der Waals surface area contributed by atoms with Gasteiger partial charge >= 0.3 is 11.9 Å². The number of benzene rings is 1. The Bertz CT molecular complexity index is 727. The predicted octanol–water partition coefficient (Wildman–Crippen LogP) is 1.98. The van der Waals surface area contributed by atoms with Gasteiger partial charge in [-0.05, 0) is 24.3 Å². The van der Waals surface area contributed by atoms with Gasteiger partial charge in [0.1, 0.15) is 11.4 Å². The van der Waals surface area contributed by atoms with Crippen LogP contribution in [0.2, 0.25) is 0 Å². The van der Waals surface area contributed by atoms with Crippen molar-refractivity contribution in [2.45, 2.75) is 0 Å². The molecule has 0 amide bonds. The van der Waals surface area contributed by atoms with Crippen LogP contribution < -0.4 is 4.74 Å². The van der Waals surface area contributed by atoms with Gasteiger partial charge in [0.05, 0.1) is 7.11 Å². The first-order chi connectivity index (χ1) is 9.45. The number of carbonyl (C=O) groups is 2. The molecule has 6 heteroatoms. The first-order valence-electron chi connectivity index (χ1n) is 5.76. The minimum absolute atomic E-state index is 0.0331. The third-order valence-electron chi connectivity index (χ3n) is 3.04. The molecule has 104 valence electrons. The number of fused-ring (bicyclic) bond motifs is 1. The minimum Gasteiger partial charge on any atom is -0.497 e. The van der Waals surface area contributed by atoms with Gasteiger partial charge in [-0.3, -0.25) is 0 Å². The number of aliphatic carboxylic acids is 1. The summed E-state index contributed by atoms with van der Waals surface area (Å²) >= 11 is 0. The lowest BCUT2D eigenvalue weighted by Crippen LogP contribution is -2.05. The molecule has 0 aliphatic heterocycles. The second kappa shape index (κ2) is 5.08. The van der Waals surface area contributed by atoms with E-state index in [4.69, 9.17) is 9.84 Å². The third-order valence-corrected chi connectivity index (χ3v) is 3.04. The lowest BCUT2D eigenvalue weighted by atomic mass is 10.1. The molecule has 0 aliphatic rings. The summed E-state index contributed by atoms with van der Waals surface area (Å²) in [6, 6.07) is 5.14. The molecule has 0 aliphatic carbocycles. The monoisotopic (exact) mass is 275 g/mol. The van der Waals surface area contributed by atoms with Crippen molar-refractivity contribution < 1.29 is 24.5 Å². The molecule has 0 unspecified atom stereocenters. The van der Waals surface area contributed by atoms with Crippen LogP contribution in [0.3, 0.4) is 0 Å². The molecule has 0 spiro atoms. The van der Waals surface area contributed by atoms with Crippen molar-refractivity contribution >= 4 is 28.9 Å². The van der Waals surface area contributed by atoms with E-state index >= 15 is 0 Å². The van der Waals surface area contributed by atoms with Crippen LogP contribution in [0, 0.1) is 0 Å². The maximum atomic E-state index is 11.4. The molecule has 6 nitrogen and oxygen atoms in total. The zero-order valence-corrected chi connectivity index (χ0v) is 11.0. The summed E-state index contributed by atoms with van der Waals surface area (Å²) in [5.41, 5.74) is 1.07. The maximum Gasteiger partial charge on any atom is 0.353 e. The number of methoxy groups -OCH3 is 1. The number of nitrogens with zero attached hydrogens (tertiary/aromatic N) is 1. The van der Waals surface area contributed by atoms with Crippen molar-refractivity contribution in [1.82, 2.24) is 4.57 Å². The summed E-state index contributed by atoms with van der Waals surface area (Å²) in [6.07, 6.45) is 2.20. The maximum absolute atomic E-state index is 11.4. The van der Waals surface area contributed by atoms with Gasteiger partial charge in [0.25, 0.3) is 0 Å². The Kier molecular flexibility index (Phi) is 3.47. The molecular formula is C14H13NO5. The fourth-order valence-electron chi connectivity index (χ4n) is 2.16. The second-order valence-corrected chi connectivity index (χ2v) is 4.18. The molecule has 0 fully saturated rings. The highest BCUT2D eigenvalue weighted by atomic mass is 16.5. The zero-order valence-electron chi connectivity index (χ0n) is 11.0. The number of aryl methyl sites for hydroxylation is 1. The van der Waals surface area contributed by atoms with Crippen molar-refractivity contribution in [3.63, 3.8) is 0 Å². The predicted molar refractivity (Wildman–Crippen MR) is 73.1 cm³/mol. The van der Waals surface area contributed by atoms with Gasteiger partial charge in [-0.1, -0.05) is 0 Å². The Labute approximate surface area is 114 Å². The van der Waals surface area contributed by atoms with Crippen LogP contribution in [0.25, 0.3) is 17.0 Å². The average molecular weight is 275 g/mol. The minimum atomic E-state index is -1.14. The van der Waals surface area contributed by atoms with E-state index in [0.29, 0.717) is 22.2 Å². The van der Waals surface area contributed by atoms with Gasteiger partial charge in [-0.25, -0.2) is 9.59 Å². The van der Waals surface area contributed by atoms with E-state index in [1.807, 2.05) is 0 Å². The van der Waals surface area contributed by atoms with Crippen molar-refractivity contribution in [2.24, 2.45) is 7.05 Å². The largest absolute Gasteiger partial charge is 0.497 e. The molecule has 1 aromatic carbocycles. The van der Waals surface area contributed by atoms with Crippen LogP contribution in [-0.4, -0.2) is 33.8 Å². The number of ether oxygens (including phenoxy) is 1. The molecule has 20 heavy (non-hydrogen) atoms. The Balaban J connectivity index is 2.81. The molecule has 2 N–H and O–H groups in total. The normalized spacial score (nSPS) is 11.1. The molecule has 0 radical (unpaired) electrons. The quantitative estimate of drug-likeness (QED) is 0.833. The fraction of sp³-hybridized carbons (Fsp3) is 0.143. The standard InChI is InChI=1S/C14H13NO5/c1-15-11-5-3-8(20-2)7-10(11)9(4-6-12(16)17)13(15)14(18)19/h3-7H,1-2H3,(H,16,17)(H,18,19)/b6-4-. The van der Waals surface area contributed by atoms with Gasteiger partial charge in [-0.15, -0.1) is 0 Å². The van der Waals surface area contributed by atoms with Gasteiger partial charge < -0.3 is 19.5 Å². The SMILES string of the molecule is COc1ccc2c(c1)c(/C=C\C(=O)O)c(C(=O)O)n2C. The van der Waals surface area contributed by atoms with Crippen LogP contribution in [0.5, 0.6) is 5.75 Å². The van der Waals surface area contributed by atoms with Crippen LogP contribution in [0.1, 0.15) is 16.1 Å². The van der Waals surface area contributed by atoms with Crippen molar-refractivity contribution in [2.75, 3.05) is 7.11 Å². The average Bonchev–Trinajstić information content (AvgIpc) is 2.68. The molecule has 2 rings (SSSR count). The molecular weight excluding hydrogens is 262 g/mol. The molecule has 1 heterocycles. The zero-order chi connectivity index (χ0) is 14.9. The molecule has 0 atom stereocenters. The van der Waals surface area contributed by atoms with E-state index in [1.165, 1.54) is 17.8 Å². The Hall–Kier alpha value is -2.76. The summed E-state index contributed by atoms with van der Waals surface area (Å²) < 4.78 is 6.63. The topological polar surface area (TPSA) is 88.8 Å². The third kappa shape index (κ3) is 2.23. The van der Waals surface area contributed by atoms with Crippen molar-refractivity contribution in [3.05, 3.63) is 35.5 Å².